The number of hydrogen-bond donors (Lipinski definition) is 0. The van der Waals surface area contributed by atoms with E-state index in [9.17, 15) is 4.79 Å². The molecule has 0 amide bonds. The molecule has 0 radical (unpaired) electrons. The number of rotatable bonds is 8. The third-order valence-electron chi connectivity index (χ3n) is 12.2. The number of aromatic nitrogens is 2. The van der Waals surface area contributed by atoms with Gasteiger partial charge in [-0.2, -0.15) is 0 Å². The van der Waals surface area contributed by atoms with Crippen molar-refractivity contribution >= 4 is 11.9 Å². The minimum absolute atomic E-state index is 0.119. The zero-order valence-corrected chi connectivity index (χ0v) is 25.6. The summed E-state index contributed by atoms with van der Waals surface area (Å²) in [6.07, 6.45) is 15.6. The standard InChI is InChI=1S/C42H38N2O/c45-39(40-24-30-22-35-23-36(26-40)41(35,25-30)28-40)21-20-31-12-10-11-19-37(31)38-27-44(29-43-38)42(32-13-4-1-5-14-32,33-15-6-2-7-16-33)34-17-8-3-9-18-34/h1-21,27,29-30,35-36H,22-26,28H2/b21-20+. The summed E-state index contributed by atoms with van der Waals surface area (Å²) in [6.45, 7) is 0. The predicted octanol–water partition coefficient (Wildman–Crippen LogP) is 9.19. The number of nitrogens with zero attached hydrogens (tertiary/aromatic N) is 2. The molecule has 4 fully saturated rings. The fraction of sp³-hybridized carbons (Fsp3) is 0.286. The molecule has 4 aliphatic carbocycles. The first-order valence-corrected chi connectivity index (χ1v) is 16.6. The molecular weight excluding hydrogens is 548 g/mol. The molecule has 0 N–H and O–H groups in total. The van der Waals surface area contributed by atoms with E-state index < -0.39 is 5.54 Å². The van der Waals surface area contributed by atoms with E-state index in [1.807, 2.05) is 12.4 Å². The Morgan fingerprint density at radius 3 is 2.02 bits per heavy atom. The first-order chi connectivity index (χ1) is 22.1. The van der Waals surface area contributed by atoms with Crippen molar-refractivity contribution in [3.8, 4) is 11.3 Å². The molecule has 9 rings (SSSR count). The van der Waals surface area contributed by atoms with Gasteiger partial charge in [-0.05, 0) is 90.0 Å². The zero-order valence-electron chi connectivity index (χ0n) is 25.6. The number of hydrogen-bond acceptors (Lipinski definition) is 2. The third-order valence-corrected chi connectivity index (χ3v) is 12.2. The average Bonchev–Trinajstić information content (AvgIpc) is 3.71. The highest BCUT2D eigenvalue weighted by atomic mass is 16.1. The Hall–Kier alpha value is -4.50. The number of fused-ring (bicyclic) bond motifs is 2. The molecule has 5 aromatic rings. The lowest BCUT2D eigenvalue weighted by Crippen LogP contribution is -2.42. The van der Waals surface area contributed by atoms with Crippen LogP contribution in [0.2, 0.25) is 0 Å². The summed E-state index contributed by atoms with van der Waals surface area (Å²) in [5.41, 5.74) is 6.24. The summed E-state index contributed by atoms with van der Waals surface area (Å²) in [7, 11) is 0. The highest BCUT2D eigenvalue weighted by Gasteiger charge is 2.72. The number of benzene rings is 4. The Labute approximate surface area is 265 Å². The summed E-state index contributed by atoms with van der Waals surface area (Å²) in [5.74, 6) is 2.82. The molecule has 3 heteroatoms. The second-order valence-electron chi connectivity index (χ2n) is 14.3. The van der Waals surface area contributed by atoms with Crippen molar-refractivity contribution in [1.29, 1.82) is 0 Å². The van der Waals surface area contributed by atoms with Gasteiger partial charge in [-0.25, -0.2) is 4.98 Å². The van der Waals surface area contributed by atoms with Crippen LogP contribution in [0.4, 0.5) is 0 Å². The van der Waals surface area contributed by atoms with Crippen LogP contribution in [0.15, 0.2) is 134 Å². The van der Waals surface area contributed by atoms with Crippen molar-refractivity contribution in [3.63, 3.8) is 0 Å². The van der Waals surface area contributed by atoms with Gasteiger partial charge in [-0.1, -0.05) is 121 Å². The van der Waals surface area contributed by atoms with Crippen molar-refractivity contribution in [2.75, 3.05) is 0 Å². The van der Waals surface area contributed by atoms with Gasteiger partial charge in [-0.15, -0.1) is 0 Å². The molecule has 3 bridgehead atoms. The molecule has 45 heavy (non-hydrogen) atoms. The van der Waals surface area contributed by atoms with Crippen LogP contribution in [0.3, 0.4) is 0 Å². The number of ketones is 1. The quantitative estimate of drug-likeness (QED) is 0.134. The van der Waals surface area contributed by atoms with Gasteiger partial charge < -0.3 is 4.57 Å². The maximum Gasteiger partial charge on any atom is 0.161 e. The maximum atomic E-state index is 14.0. The number of carbonyl (C=O) groups excluding carboxylic acids is 1. The third kappa shape index (κ3) is 3.89. The van der Waals surface area contributed by atoms with E-state index in [1.54, 1.807) is 0 Å². The summed E-state index contributed by atoms with van der Waals surface area (Å²) in [5, 5.41) is 0. The lowest BCUT2D eigenvalue weighted by Gasteiger charge is -2.49. The Balaban J connectivity index is 1.11. The molecule has 4 saturated carbocycles. The van der Waals surface area contributed by atoms with Crippen LogP contribution in [0.1, 0.15) is 60.8 Å². The largest absolute Gasteiger partial charge is 0.318 e. The van der Waals surface area contributed by atoms with Gasteiger partial charge in [0.2, 0.25) is 0 Å². The fourth-order valence-electron chi connectivity index (χ4n) is 10.5. The molecule has 4 aliphatic rings. The monoisotopic (exact) mass is 586 g/mol. The van der Waals surface area contributed by atoms with E-state index in [1.165, 1.54) is 19.3 Å². The van der Waals surface area contributed by atoms with Gasteiger partial charge in [0.15, 0.2) is 5.78 Å². The summed E-state index contributed by atoms with van der Waals surface area (Å²) in [4.78, 5) is 19.0. The van der Waals surface area contributed by atoms with E-state index in [4.69, 9.17) is 4.98 Å². The lowest BCUT2D eigenvalue weighted by atomic mass is 9.55. The Morgan fingerprint density at radius 2 is 1.36 bits per heavy atom. The topological polar surface area (TPSA) is 34.9 Å². The van der Waals surface area contributed by atoms with E-state index >= 15 is 0 Å². The van der Waals surface area contributed by atoms with E-state index in [0.29, 0.717) is 11.2 Å². The van der Waals surface area contributed by atoms with Crippen molar-refractivity contribution in [2.45, 2.75) is 44.1 Å². The molecule has 1 spiro atoms. The van der Waals surface area contributed by atoms with Crippen molar-refractivity contribution in [2.24, 2.45) is 28.6 Å². The normalized spacial score (nSPS) is 27.9. The van der Waals surface area contributed by atoms with Crippen molar-refractivity contribution in [1.82, 2.24) is 9.55 Å². The van der Waals surface area contributed by atoms with Gasteiger partial charge in [0.1, 0.15) is 5.54 Å². The predicted molar refractivity (Wildman–Crippen MR) is 179 cm³/mol. The average molecular weight is 587 g/mol. The molecule has 0 saturated heterocycles. The summed E-state index contributed by atoms with van der Waals surface area (Å²) < 4.78 is 2.26. The molecule has 4 aromatic carbocycles. The van der Waals surface area contributed by atoms with Crippen LogP contribution in [0, 0.1) is 28.6 Å². The van der Waals surface area contributed by atoms with Gasteiger partial charge in [0, 0.05) is 17.2 Å². The maximum absolute atomic E-state index is 14.0. The molecular formula is C42H38N2O. The van der Waals surface area contributed by atoms with Gasteiger partial charge in [0.25, 0.3) is 0 Å². The second kappa shape index (κ2) is 10.0. The van der Waals surface area contributed by atoms with Gasteiger partial charge >= 0.3 is 0 Å². The highest BCUT2D eigenvalue weighted by molar-refractivity contribution is 5.99. The van der Waals surface area contributed by atoms with Crippen LogP contribution in [0.5, 0.6) is 0 Å². The molecule has 3 nitrogen and oxygen atoms in total. The second-order valence-corrected chi connectivity index (χ2v) is 14.3. The van der Waals surface area contributed by atoms with Crippen molar-refractivity contribution < 1.29 is 4.79 Å². The Kier molecular flexibility index (Phi) is 5.97. The minimum atomic E-state index is -0.617. The first-order valence-electron chi connectivity index (χ1n) is 16.6. The molecule has 0 aliphatic heterocycles. The molecule has 5 unspecified atom stereocenters. The molecule has 5 atom stereocenters. The van der Waals surface area contributed by atoms with E-state index in [2.05, 4.69) is 132 Å². The van der Waals surface area contributed by atoms with Crippen LogP contribution in [-0.2, 0) is 10.3 Å². The van der Waals surface area contributed by atoms with E-state index in [-0.39, 0.29) is 5.41 Å². The van der Waals surface area contributed by atoms with Crippen LogP contribution >= 0.6 is 0 Å². The minimum Gasteiger partial charge on any atom is -0.318 e. The molecule has 1 heterocycles. The zero-order chi connectivity index (χ0) is 30.1. The lowest BCUT2D eigenvalue weighted by molar-refractivity contribution is -0.125. The Morgan fingerprint density at radius 1 is 0.733 bits per heavy atom. The van der Waals surface area contributed by atoms with Gasteiger partial charge in [-0.3, -0.25) is 4.79 Å². The first kappa shape index (κ1) is 26.9. The SMILES string of the molecule is O=C(/C=C/c1ccccc1-c1cn(C(c2ccccc2)(c2ccccc2)c2ccccc2)cn1)C12CC3CC4CC(C1)C4(C3)C2. The number of allylic oxidation sites excluding steroid dienone is 1. The molecule has 1 aromatic heterocycles. The summed E-state index contributed by atoms with van der Waals surface area (Å²) >= 11 is 0. The number of imidazole rings is 1. The van der Waals surface area contributed by atoms with Crippen LogP contribution in [-0.4, -0.2) is 15.3 Å². The summed E-state index contributed by atoms with van der Waals surface area (Å²) in [6, 6.07) is 40.5. The fourth-order valence-corrected chi connectivity index (χ4v) is 10.5. The molecule has 222 valence electrons. The van der Waals surface area contributed by atoms with Crippen LogP contribution < -0.4 is 0 Å². The number of carbonyl (C=O) groups is 1. The van der Waals surface area contributed by atoms with Gasteiger partial charge in [0.05, 0.1) is 12.0 Å². The van der Waals surface area contributed by atoms with E-state index in [0.717, 1.165) is 70.5 Å². The van der Waals surface area contributed by atoms with Crippen LogP contribution in [0.25, 0.3) is 17.3 Å². The smallest absolute Gasteiger partial charge is 0.161 e. The Bertz CT molecular complexity index is 1810. The highest BCUT2D eigenvalue weighted by Crippen LogP contribution is 2.79. The van der Waals surface area contributed by atoms with Crippen molar-refractivity contribution in [3.05, 3.63) is 156 Å².